The van der Waals surface area contributed by atoms with E-state index in [2.05, 4.69) is 5.32 Å². The summed E-state index contributed by atoms with van der Waals surface area (Å²) in [6, 6.07) is 8.80. The van der Waals surface area contributed by atoms with Crippen LogP contribution in [0.1, 0.15) is 44.6 Å². The molecule has 0 aliphatic heterocycles. The Morgan fingerprint density at radius 1 is 1.03 bits per heavy atom. The fourth-order valence-electron chi connectivity index (χ4n) is 4.72. The summed E-state index contributed by atoms with van der Waals surface area (Å²) < 4.78 is 37.3. The number of halogens is 2. The third-order valence-corrected chi connectivity index (χ3v) is 8.64. The third kappa shape index (κ3) is 7.93. The lowest BCUT2D eigenvalue weighted by atomic mass is 10.1. The van der Waals surface area contributed by atoms with Crippen LogP contribution >= 0.6 is 23.2 Å². The molecule has 0 bridgehead atoms. The van der Waals surface area contributed by atoms with Gasteiger partial charge in [-0.25, -0.2) is 8.42 Å². The number of rotatable bonds is 12. The van der Waals surface area contributed by atoms with Crippen molar-refractivity contribution in [1.29, 1.82) is 0 Å². The molecular formula is C27H35Cl2N3O6S. The van der Waals surface area contributed by atoms with Crippen LogP contribution in [0.25, 0.3) is 0 Å². The number of sulfonamides is 1. The molecule has 1 saturated carbocycles. The van der Waals surface area contributed by atoms with E-state index >= 15 is 0 Å². The third-order valence-electron chi connectivity index (χ3n) is 6.76. The van der Waals surface area contributed by atoms with E-state index in [0.29, 0.717) is 33.5 Å². The fraction of sp³-hybridized carbons (Fsp3) is 0.481. The average molecular weight is 601 g/mol. The minimum atomic E-state index is -3.90. The topological polar surface area (TPSA) is 105 Å². The van der Waals surface area contributed by atoms with Crippen LogP contribution in [0.3, 0.4) is 0 Å². The number of methoxy groups -OCH3 is 2. The quantitative estimate of drug-likeness (QED) is 0.381. The van der Waals surface area contributed by atoms with Crippen LogP contribution in [-0.4, -0.2) is 64.2 Å². The molecule has 1 atom stereocenters. The Hall–Kier alpha value is -2.69. The lowest BCUT2D eigenvalue weighted by Gasteiger charge is -2.33. The highest BCUT2D eigenvalue weighted by atomic mass is 35.5. The SMILES string of the molecule is CCC(C(=O)NC1CCCC1)N(Cc1ccc(Cl)c(Cl)c1)C(=O)CN(c1ccc(OC)c(OC)c1)S(C)(=O)=O. The minimum absolute atomic E-state index is 0.0376. The molecule has 9 nitrogen and oxygen atoms in total. The molecule has 2 aromatic carbocycles. The van der Waals surface area contributed by atoms with Crippen molar-refractivity contribution in [1.82, 2.24) is 10.2 Å². The fourth-order valence-corrected chi connectivity index (χ4v) is 5.88. The molecule has 3 rings (SSSR count). The van der Waals surface area contributed by atoms with Gasteiger partial charge >= 0.3 is 0 Å². The van der Waals surface area contributed by atoms with E-state index in [1.165, 1.54) is 31.3 Å². The number of carbonyl (C=O) groups is 2. The van der Waals surface area contributed by atoms with Gasteiger partial charge in [0, 0.05) is 18.7 Å². The van der Waals surface area contributed by atoms with Crippen molar-refractivity contribution in [3.63, 3.8) is 0 Å². The number of nitrogens with one attached hydrogen (secondary N) is 1. The molecule has 2 amide bonds. The molecule has 1 aliphatic carbocycles. The summed E-state index contributed by atoms with van der Waals surface area (Å²) in [5.41, 5.74) is 0.878. The van der Waals surface area contributed by atoms with Crippen LogP contribution in [0, 0.1) is 0 Å². The Kier molecular flexibility index (Phi) is 10.7. The summed E-state index contributed by atoms with van der Waals surface area (Å²) in [6.07, 6.45) is 5.23. The van der Waals surface area contributed by atoms with Gasteiger partial charge < -0.3 is 19.7 Å². The number of amides is 2. The number of ether oxygens (including phenoxy) is 2. The number of anilines is 1. The maximum absolute atomic E-state index is 13.9. The van der Waals surface area contributed by atoms with Crippen LogP contribution in [0.5, 0.6) is 11.5 Å². The van der Waals surface area contributed by atoms with Gasteiger partial charge in [0.25, 0.3) is 0 Å². The van der Waals surface area contributed by atoms with Gasteiger partial charge in [0.15, 0.2) is 11.5 Å². The Bertz CT molecular complexity index is 1280. The highest BCUT2D eigenvalue weighted by Crippen LogP contribution is 2.33. The first-order valence-corrected chi connectivity index (χ1v) is 15.3. The van der Waals surface area contributed by atoms with Gasteiger partial charge in [0.05, 0.1) is 36.2 Å². The predicted octanol–water partition coefficient (Wildman–Crippen LogP) is 4.64. The summed E-state index contributed by atoms with van der Waals surface area (Å²) in [5.74, 6) is -0.0902. The van der Waals surface area contributed by atoms with E-state index in [1.54, 1.807) is 24.3 Å². The first kappa shape index (κ1) is 30.8. The van der Waals surface area contributed by atoms with Crippen LogP contribution in [0.2, 0.25) is 10.0 Å². The van der Waals surface area contributed by atoms with Crippen LogP contribution in [0.4, 0.5) is 5.69 Å². The van der Waals surface area contributed by atoms with Crippen molar-refractivity contribution >= 4 is 50.7 Å². The van der Waals surface area contributed by atoms with E-state index in [0.717, 1.165) is 36.2 Å². The molecule has 12 heteroatoms. The Morgan fingerprint density at radius 2 is 1.69 bits per heavy atom. The minimum Gasteiger partial charge on any atom is -0.493 e. The molecule has 214 valence electrons. The largest absolute Gasteiger partial charge is 0.493 e. The van der Waals surface area contributed by atoms with Crippen molar-refractivity contribution in [2.45, 2.75) is 57.7 Å². The number of hydrogen-bond acceptors (Lipinski definition) is 6. The number of hydrogen-bond donors (Lipinski definition) is 1. The Morgan fingerprint density at radius 3 is 2.26 bits per heavy atom. The van der Waals surface area contributed by atoms with Crippen LogP contribution in [-0.2, 0) is 26.2 Å². The summed E-state index contributed by atoms with van der Waals surface area (Å²) >= 11 is 12.3. The molecular weight excluding hydrogens is 565 g/mol. The second-order valence-corrected chi connectivity index (χ2v) is 12.2. The predicted molar refractivity (Wildman–Crippen MR) is 153 cm³/mol. The summed E-state index contributed by atoms with van der Waals surface area (Å²) in [7, 11) is -0.991. The molecule has 0 saturated heterocycles. The van der Waals surface area contributed by atoms with E-state index < -0.39 is 28.5 Å². The van der Waals surface area contributed by atoms with Crippen LogP contribution < -0.4 is 19.1 Å². The summed E-state index contributed by atoms with van der Waals surface area (Å²) in [6.45, 7) is 1.33. The monoisotopic (exact) mass is 599 g/mol. The zero-order valence-corrected chi connectivity index (χ0v) is 24.9. The highest BCUT2D eigenvalue weighted by molar-refractivity contribution is 7.92. The molecule has 0 aromatic heterocycles. The van der Waals surface area contributed by atoms with Gasteiger partial charge in [0.2, 0.25) is 21.8 Å². The Balaban J connectivity index is 1.97. The van der Waals surface area contributed by atoms with Crippen molar-refractivity contribution in [3.05, 3.63) is 52.0 Å². The average Bonchev–Trinajstić information content (AvgIpc) is 3.41. The lowest BCUT2D eigenvalue weighted by Crippen LogP contribution is -2.53. The zero-order valence-electron chi connectivity index (χ0n) is 22.6. The molecule has 0 heterocycles. The number of nitrogens with zero attached hydrogens (tertiary/aromatic N) is 2. The van der Waals surface area contributed by atoms with Gasteiger partial charge in [0.1, 0.15) is 12.6 Å². The molecule has 2 aromatic rings. The molecule has 0 radical (unpaired) electrons. The number of carbonyl (C=O) groups excluding carboxylic acids is 2. The second kappa shape index (κ2) is 13.6. The van der Waals surface area contributed by atoms with Crippen molar-refractivity contribution in [3.8, 4) is 11.5 Å². The van der Waals surface area contributed by atoms with E-state index in [9.17, 15) is 18.0 Å². The standard InChI is InChI=1S/C27H35Cl2N3O6S/c1-5-23(27(34)30-19-8-6-7-9-19)31(16-18-10-12-21(28)22(29)14-18)26(33)17-32(39(4,35)36)20-11-13-24(37-2)25(15-20)38-3/h10-15,19,23H,5-9,16-17H2,1-4H3,(H,30,34). The van der Waals surface area contributed by atoms with E-state index in [4.69, 9.17) is 32.7 Å². The Labute approximate surface area is 240 Å². The van der Waals surface area contributed by atoms with Gasteiger partial charge in [-0.3, -0.25) is 13.9 Å². The molecule has 1 unspecified atom stereocenters. The normalized spacial score (nSPS) is 14.5. The van der Waals surface area contributed by atoms with Crippen LogP contribution in [0.15, 0.2) is 36.4 Å². The smallest absolute Gasteiger partial charge is 0.244 e. The highest BCUT2D eigenvalue weighted by Gasteiger charge is 2.33. The first-order chi connectivity index (χ1) is 18.5. The van der Waals surface area contributed by atoms with Gasteiger partial charge in [-0.1, -0.05) is 49.0 Å². The van der Waals surface area contributed by atoms with Crippen molar-refractivity contribution < 1.29 is 27.5 Å². The van der Waals surface area contributed by atoms with Gasteiger partial charge in [-0.2, -0.15) is 0 Å². The van der Waals surface area contributed by atoms with Gasteiger partial charge in [-0.15, -0.1) is 0 Å². The lowest BCUT2D eigenvalue weighted by molar-refractivity contribution is -0.140. The second-order valence-electron chi connectivity index (χ2n) is 9.49. The number of benzene rings is 2. The molecule has 1 aliphatic rings. The molecule has 1 N–H and O–H groups in total. The van der Waals surface area contributed by atoms with E-state index in [-0.39, 0.29) is 24.2 Å². The van der Waals surface area contributed by atoms with Crippen molar-refractivity contribution in [2.75, 3.05) is 31.3 Å². The molecule has 39 heavy (non-hydrogen) atoms. The summed E-state index contributed by atoms with van der Waals surface area (Å²) in [5, 5.41) is 3.75. The molecule has 1 fully saturated rings. The maximum atomic E-state index is 13.9. The maximum Gasteiger partial charge on any atom is 0.244 e. The summed E-state index contributed by atoms with van der Waals surface area (Å²) in [4.78, 5) is 28.7. The molecule has 0 spiro atoms. The van der Waals surface area contributed by atoms with Crippen molar-refractivity contribution in [2.24, 2.45) is 0 Å². The zero-order chi connectivity index (χ0) is 28.7. The van der Waals surface area contributed by atoms with Gasteiger partial charge in [-0.05, 0) is 49.1 Å². The van der Waals surface area contributed by atoms with E-state index in [1.807, 2.05) is 6.92 Å². The first-order valence-electron chi connectivity index (χ1n) is 12.7.